The molecule has 0 bridgehead atoms. The molecule has 0 spiro atoms. The molecule has 1 aromatic carbocycles. The first kappa shape index (κ1) is 11.9. The lowest BCUT2D eigenvalue weighted by molar-refractivity contribution is 0.518. The van der Waals surface area contributed by atoms with E-state index in [4.69, 9.17) is 28.9 Å². The van der Waals surface area contributed by atoms with Crippen LogP contribution in [0.15, 0.2) is 12.1 Å². The maximum absolute atomic E-state index is 6.24. The van der Waals surface area contributed by atoms with Crippen molar-refractivity contribution in [2.24, 2.45) is 0 Å². The highest BCUT2D eigenvalue weighted by molar-refractivity contribution is 6.39. The maximum atomic E-state index is 6.24. The Morgan fingerprint density at radius 1 is 1.25 bits per heavy atom. The van der Waals surface area contributed by atoms with E-state index >= 15 is 0 Å². The van der Waals surface area contributed by atoms with Crippen LogP contribution in [0.4, 0.5) is 11.4 Å². The van der Waals surface area contributed by atoms with Crippen LogP contribution in [0.5, 0.6) is 0 Å². The molecule has 16 heavy (non-hydrogen) atoms. The van der Waals surface area contributed by atoms with E-state index in [2.05, 4.69) is 18.7 Å². The number of benzene rings is 1. The maximum Gasteiger partial charge on any atom is 0.0750 e. The summed E-state index contributed by atoms with van der Waals surface area (Å²) in [6, 6.07) is 3.52. The SMILES string of the molecule is CC1(C)CCCN1c1c(Cl)cc(N)cc1Cl. The van der Waals surface area contributed by atoms with Crippen molar-refractivity contribution in [2.45, 2.75) is 32.2 Å². The third kappa shape index (κ3) is 1.96. The Kier molecular flexibility index (Phi) is 2.97. The number of hydrogen-bond acceptors (Lipinski definition) is 2. The molecule has 1 saturated heterocycles. The van der Waals surface area contributed by atoms with Gasteiger partial charge in [-0.15, -0.1) is 0 Å². The van der Waals surface area contributed by atoms with Gasteiger partial charge in [-0.05, 0) is 38.8 Å². The molecule has 0 unspecified atom stereocenters. The highest BCUT2D eigenvalue weighted by Crippen LogP contribution is 2.42. The first-order valence-corrected chi connectivity index (χ1v) is 6.19. The molecule has 1 aliphatic heterocycles. The van der Waals surface area contributed by atoms with Crippen LogP contribution in [0, 0.1) is 0 Å². The van der Waals surface area contributed by atoms with Gasteiger partial charge < -0.3 is 10.6 Å². The second kappa shape index (κ2) is 4.01. The number of rotatable bonds is 1. The van der Waals surface area contributed by atoms with Gasteiger partial charge in [-0.2, -0.15) is 0 Å². The molecule has 2 nitrogen and oxygen atoms in total. The van der Waals surface area contributed by atoms with E-state index in [0.29, 0.717) is 15.7 Å². The Balaban J connectivity index is 2.48. The monoisotopic (exact) mass is 258 g/mol. The number of halogens is 2. The van der Waals surface area contributed by atoms with Gasteiger partial charge in [0.2, 0.25) is 0 Å². The topological polar surface area (TPSA) is 29.3 Å². The second-order valence-electron chi connectivity index (χ2n) is 4.90. The van der Waals surface area contributed by atoms with E-state index in [1.165, 1.54) is 6.42 Å². The molecule has 0 aromatic heterocycles. The van der Waals surface area contributed by atoms with E-state index < -0.39 is 0 Å². The number of hydrogen-bond donors (Lipinski definition) is 1. The zero-order valence-electron chi connectivity index (χ0n) is 9.56. The summed E-state index contributed by atoms with van der Waals surface area (Å²) in [5.74, 6) is 0. The van der Waals surface area contributed by atoms with E-state index in [0.717, 1.165) is 18.7 Å². The van der Waals surface area contributed by atoms with Crippen LogP contribution in [0.25, 0.3) is 0 Å². The molecule has 1 fully saturated rings. The predicted octanol–water partition coefficient (Wildman–Crippen LogP) is 3.95. The largest absolute Gasteiger partial charge is 0.399 e. The van der Waals surface area contributed by atoms with Crippen LogP contribution in [0.1, 0.15) is 26.7 Å². The Morgan fingerprint density at radius 3 is 2.25 bits per heavy atom. The molecule has 0 radical (unpaired) electrons. The summed E-state index contributed by atoms with van der Waals surface area (Å²) in [6.45, 7) is 5.42. The smallest absolute Gasteiger partial charge is 0.0750 e. The Labute approximate surface area is 106 Å². The van der Waals surface area contributed by atoms with Crippen molar-refractivity contribution in [3.05, 3.63) is 22.2 Å². The molecule has 4 heteroatoms. The van der Waals surface area contributed by atoms with Crippen LogP contribution in [-0.4, -0.2) is 12.1 Å². The van der Waals surface area contributed by atoms with Crippen LogP contribution in [0.2, 0.25) is 10.0 Å². The quantitative estimate of drug-likeness (QED) is 0.773. The highest BCUT2D eigenvalue weighted by atomic mass is 35.5. The minimum absolute atomic E-state index is 0.114. The summed E-state index contributed by atoms with van der Waals surface area (Å²) in [5, 5.41) is 1.28. The molecule has 0 saturated carbocycles. The molecular weight excluding hydrogens is 243 g/mol. The van der Waals surface area contributed by atoms with Crippen molar-refractivity contribution in [3.8, 4) is 0 Å². The third-order valence-corrected chi connectivity index (χ3v) is 3.79. The molecule has 1 aromatic rings. The lowest BCUT2D eigenvalue weighted by atomic mass is 10.0. The summed E-state index contributed by atoms with van der Waals surface area (Å²) >= 11 is 12.5. The molecule has 88 valence electrons. The van der Waals surface area contributed by atoms with Crippen molar-refractivity contribution in [2.75, 3.05) is 17.2 Å². The number of anilines is 2. The third-order valence-electron chi connectivity index (χ3n) is 3.21. The van der Waals surface area contributed by atoms with Crippen LogP contribution in [0.3, 0.4) is 0 Å². The Morgan fingerprint density at radius 2 is 1.81 bits per heavy atom. The molecule has 1 aliphatic rings. The fourth-order valence-electron chi connectivity index (χ4n) is 2.36. The van der Waals surface area contributed by atoms with Gasteiger partial charge in [0.25, 0.3) is 0 Å². The lowest BCUT2D eigenvalue weighted by Crippen LogP contribution is -2.38. The van der Waals surface area contributed by atoms with Gasteiger partial charge in [-0.25, -0.2) is 0 Å². The van der Waals surface area contributed by atoms with Gasteiger partial charge in [0.15, 0.2) is 0 Å². The van der Waals surface area contributed by atoms with Gasteiger partial charge in [0, 0.05) is 17.8 Å². The van der Waals surface area contributed by atoms with Crippen LogP contribution >= 0.6 is 23.2 Å². The lowest BCUT2D eigenvalue weighted by Gasteiger charge is -2.35. The summed E-state index contributed by atoms with van der Waals surface area (Å²) in [4.78, 5) is 2.27. The molecular formula is C12H16Cl2N2. The average molecular weight is 259 g/mol. The van der Waals surface area contributed by atoms with Gasteiger partial charge in [0.1, 0.15) is 0 Å². The summed E-state index contributed by atoms with van der Waals surface area (Å²) in [6.07, 6.45) is 2.33. The van der Waals surface area contributed by atoms with Crippen LogP contribution in [-0.2, 0) is 0 Å². The Hall–Kier alpha value is -0.600. The Bertz CT molecular complexity index is 392. The van der Waals surface area contributed by atoms with Gasteiger partial charge in [-0.3, -0.25) is 0 Å². The first-order chi connectivity index (χ1) is 7.42. The van der Waals surface area contributed by atoms with E-state index in [1.807, 2.05) is 0 Å². The van der Waals surface area contributed by atoms with Crippen molar-refractivity contribution < 1.29 is 0 Å². The van der Waals surface area contributed by atoms with Gasteiger partial charge in [0.05, 0.1) is 15.7 Å². The zero-order valence-corrected chi connectivity index (χ0v) is 11.1. The fraction of sp³-hybridized carbons (Fsp3) is 0.500. The first-order valence-electron chi connectivity index (χ1n) is 5.44. The standard InChI is InChI=1S/C12H16Cl2N2/c1-12(2)4-3-5-16(12)11-9(13)6-8(15)7-10(11)14/h6-7H,3-5,15H2,1-2H3. The van der Waals surface area contributed by atoms with Crippen molar-refractivity contribution in [1.29, 1.82) is 0 Å². The minimum atomic E-state index is 0.114. The van der Waals surface area contributed by atoms with Crippen LogP contribution < -0.4 is 10.6 Å². The summed E-state index contributed by atoms with van der Waals surface area (Å²) in [5.41, 5.74) is 7.35. The summed E-state index contributed by atoms with van der Waals surface area (Å²) in [7, 11) is 0. The van der Waals surface area contributed by atoms with E-state index in [1.54, 1.807) is 12.1 Å². The molecule has 0 amide bonds. The van der Waals surface area contributed by atoms with Crippen molar-refractivity contribution in [1.82, 2.24) is 0 Å². The number of nitrogens with two attached hydrogens (primary N) is 1. The predicted molar refractivity (Wildman–Crippen MR) is 71.5 cm³/mol. The molecule has 1 heterocycles. The second-order valence-corrected chi connectivity index (χ2v) is 5.72. The summed E-state index contributed by atoms with van der Waals surface area (Å²) < 4.78 is 0. The molecule has 0 atom stereocenters. The van der Waals surface area contributed by atoms with Crippen molar-refractivity contribution in [3.63, 3.8) is 0 Å². The van der Waals surface area contributed by atoms with Gasteiger partial charge in [-0.1, -0.05) is 23.2 Å². The van der Waals surface area contributed by atoms with E-state index in [9.17, 15) is 0 Å². The normalized spacial score (nSPS) is 19.1. The highest BCUT2D eigenvalue weighted by Gasteiger charge is 2.34. The minimum Gasteiger partial charge on any atom is -0.399 e. The molecule has 2 rings (SSSR count). The number of nitrogens with zero attached hydrogens (tertiary/aromatic N) is 1. The van der Waals surface area contributed by atoms with Gasteiger partial charge >= 0.3 is 0 Å². The zero-order chi connectivity index (χ0) is 11.9. The number of nitrogen functional groups attached to an aromatic ring is 1. The molecule has 2 N–H and O–H groups in total. The average Bonchev–Trinajstić information content (AvgIpc) is 2.44. The van der Waals surface area contributed by atoms with E-state index in [-0.39, 0.29) is 5.54 Å². The fourth-order valence-corrected chi connectivity index (χ4v) is 3.07. The molecule has 0 aliphatic carbocycles. The van der Waals surface area contributed by atoms with Crippen molar-refractivity contribution >= 4 is 34.6 Å².